The van der Waals surface area contributed by atoms with E-state index in [4.69, 9.17) is 9.47 Å². The molecule has 4 heteroatoms. The summed E-state index contributed by atoms with van der Waals surface area (Å²) in [5, 5.41) is 21.5. The highest BCUT2D eigenvalue weighted by Gasteiger charge is 2.41. The number of rotatable bonds is 5. The van der Waals surface area contributed by atoms with Gasteiger partial charge in [-0.05, 0) is 19.1 Å². The normalized spacial score (nSPS) is 12.8. The topological polar surface area (TPSA) is 58.9 Å². The lowest BCUT2D eigenvalue weighted by Crippen LogP contribution is -2.39. The van der Waals surface area contributed by atoms with E-state index in [1.165, 1.54) is 14.2 Å². The Kier molecular flexibility index (Phi) is 4.50. The molecule has 2 N–H and O–H groups in total. The summed E-state index contributed by atoms with van der Waals surface area (Å²) >= 11 is 0. The fraction of sp³-hybridized carbons (Fsp3) is 0.294. The average Bonchev–Trinajstić information content (AvgIpc) is 2.53. The minimum Gasteiger partial charge on any atom is -0.496 e. The van der Waals surface area contributed by atoms with E-state index in [1.54, 1.807) is 43.3 Å². The second-order valence-corrected chi connectivity index (χ2v) is 4.84. The molecule has 0 spiro atoms. The van der Waals surface area contributed by atoms with E-state index >= 15 is 0 Å². The lowest BCUT2D eigenvalue weighted by molar-refractivity contribution is -0.0420. The van der Waals surface area contributed by atoms with Crippen molar-refractivity contribution in [2.24, 2.45) is 0 Å². The summed E-state index contributed by atoms with van der Waals surface area (Å²) in [6.45, 7) is 1.54. The second kappa shape index (κ2) is 6.16. The first-order chi connectivity index (χ1) is 10.1. The van der Waals surface area contributed by atoms with Gasteiger partial charge in [0.25, 0.3) is 0 Å². The Morgan fingerprint density at radius 1 is 0.857 bits per heavy atom. The number of benzene rings is 2. The Balaban J connectivity index is 2.71. The van der Waals surface area contributed by atoms with E-state index in [0.717, 1.165) is 0 Å². The maximum absolute atomic E-state index is 11.2. The summed E-state index contributed by atoms with van der Waals surface area (Å²) in [5.74, 6) is 1.01. The average molecular weight is 288 g/mol. The number of hydrogen-bond acceptors (Lipinski definition) is 4. The first-order valence-corrected chi connectivity index (χ1v) is 6.73. The molecule has 0 aliphatic rings. The molecule has 0 aromatic heterocycles. The molecule has 1 atom stereocenters. The van der Waals surface area contributed by atoms with Crippen LogP contribution in [0.15, 0.2) is 48.5 Å². The van der Waals surface area contributed by atoms with Gasteiger partial charge in [0.05, 0.1) is 20.3 Å². The molecular formula is C17H20O4. The van der Waals surface area contributed by atoms with Crippen LogP contribution in [0.1, 0.15) is 18.1 Å². The summed E-state index contributed by atoms with van der Waals surface area (Å²) in [4.78, 5) is 0. The monoisotopic (exact) mass is 288 g/mol. The molecule has 2 aromatic rings. The number of aliphatic hydroxyl groups excluding tert-OH is 1. The van der Waals surface area contributed by atoms with Crippen molar-refractivity contribution >= 4 is 0 Å². The molecular weight excluding hydrogens is 268 g/mol. The quantitative estimate of drug-likeness (QED) is 0.886. The molecule has 0 amide bonds. The predicted molar refractivity (Wildman–Crippen MR) is 80.7 cm³/mol. The third-order valence-corrected chi connectivity index (χ3v) is 3.64. The minimum atomic E-state index is -1.63. The largest absolute Gasteiger partial charge is 0.496 e. The molecule has 2 aromatic carbocycles. The van der Waals surface area contributed by atoms with Crippen LogP contribution in [0.4, 0.5) is 0 Å². The third kappa shape index (κ3) is 2.60. The number of methoxy groups -OCH3 is 2. The van der Waals surface area contributed by atoms with E-state index < -0.39 is 11.7 Å². The first kappa shape index (κ1) is 15.4. The molecule has 0 heterocycles. The van der Waals surface area contributed by atoms with Crippen LogP contribution in [0.2, 0.25) is 0 Å². The van der Waals surface area contributed by atoms with Crippen molar-refractivity contribution in [1.29, 1.82) is 0 Å². The van der Waals surface area contributed by atoms with Crippen LogP contribution in [0.25, 0.3) is 0 Å². The third-order valence-electron chi connectivity index (χ3n) is 3.64. The highest BCUT2D eigenvalue weighted by Crippen LogP contribution is 2.41. The summed E-state index contributed by atoms with van der Waals surface area (Å²) in [7, 11) is 3.06. The van der Waals surface area contributed by atoms with Crippen molar-refractivity contribution in [3.63, 3.8) is 0 Å². The van der Waals surface area contributed by atoms with Gasteiger partial charge in [0.15, 0.2) is 0 Å². The van der Waals surface area contributed by atoms with Crippen LogP contribution in [-0.4, -0.2) is 30.5 Å². The number of ether oxygens (including phenoxy) is 2. The van der Waals surface area contributed by atoms with Crippen LogP contribution in [0, 0.1) is 0 Å². The van der Waals surface area contributed by atoms with E-state index in [0.29, 0.717) is 22.6 Å². The highest BCUT2D eigenvalue weighted by atomic mass is 16.5. The van der Waals surface area contributed by atoms with E-state index in [-0.39, 0.29) is 0 Å². The van der Waals surface area contributed by atoms with Gasteiger partial charge < -0.3 is 19.7 Å². The van der Waals surface area contributed by atoms with Gasteiger partial charge in [-0.2, -0.15) is 0 Å². The Labute approximate surface area is 124 Å². The molecule has 112 valence electrons. The Morgan fingerprint density at radius 3 is 1.57 bits per heavy atom. The van der Waals surface area contributed by atoms with Crippen LogP contribution in [-0.2, 0) is 5.60 Å². The fourth-order valence-corrected chi connectivity index (χ4v) is 2.51. The van der Waals surface area contributed by atoms with Gasteiger partial charge in [-0.25, -0.2) is 0 Å². The molecule has 0 aliphatic heterocycles. The van der Waals surface area contributed by atoms with Crippen molar-refractivity contribution in [3.8, 4) is 11.5 Å². The fourth-order valence-electron chi connectivity index (χ4n) is 2.51. The molecule has 21 heavy (non-hydrogen) atoms. The van der Waals surface area contributed by atoms with Gasteiger partial charge in [-0.3, -0.25) is 0 Å². The summed E-state index contributed by atoms with van der Waals surface area (Å²) in [6, 6.07) is 14.2. The van der Waals surface area contributed by atoms with Crippen LogP contribution >= 0.6 is 0 Å². The molecule has 0 aliphatic carbocycles. The zero-order chi connectivity index (χ0) is 15.5. The van der Waals surface area contributed by atoms with Crippen molar-refractivity contribution < 1.29 is 19.7 Å². The van der Waals surface area contributed by atoms with Gasteiger partial charge in [0.1, 0.15) is 17.1 Å². The smallest absolute Gasteiger partial charge is 0.147 e. The molecule has 2 rings (SSSR count). The zero-order valence-corrected chi connectivity index (χ0v) is 12.4. The van der Waals surface area contributed by atoms with E-state index in [9.17, 15) is 10.2 Å². The Bertz CT molecular complexity index is 560. The SMILES string of the molecule is COc1ccccc1C(O)(c1ccccc1OC)C(C)O. The van der Waals surface area contributed by atoms with Crippen molar-refractivity contribution in [2.45, 2.75) is 18.6 Å². The van der Waals surface area contributed by atoms with Crippen molar-refractivity contribution in [2.75, 3.05) is 14.2 Å². The summed E-state index contributed by atoms with van der Waals surface area (Å²) in [5.41, 5.74) is -0.641. The lowest BCUT2D eigenvalue weighted by atomic mass is 9.81. The maximum atomic E-state index is 11.2. The van der Waals surface area contributed by atoms with E-state index in [1.807, 2.05) is 12.1 Å². The number of hydrogen-bond donors (Lipinski definition) is 2. The van der Waals surface area contributed by atoms with Crippen molar-refractivity contribution in [1.82, 2.24) is 0 Å². The molecule has 0 bridgehead atoms. The van der Waals surface area contributed by atoms with Gasteiger partial charge in [-0.15, -0.1) is 0 Å². The summed E-state index contributed by atoms with van der Waals surface area (Å²) in [6.07, 6.45) is -1.05. The first-order valence-electron chi connectivity index (χ1n) is 6.73. The molecule has 0 saturated carbocycles. The van der Waals surface area contributed by atoms with Crippen LogP contribution < -0.4 is 9.47 Å². The zero-order valence-electron chi connectivity index (χ0n) is 12.4. The van der Waals surface area contributed by atoms with Gasteiger partial charge in [0, 0.05) is 11.1 Å². The molecule has 0 radical (unpaired) electrons. The molecule has 0 saturated heterocycles. The Hall–Kier alpha value is -2.04. The second-order valence-electron chi connectivity index (χ2n) is 4.84. The van der Waals surface area contributed by atoms with Crippen molar-refractivity contribution in [3.05, 3.63) is 59.7 Å². The van der Waals surface area contributed by atoms with Crippen LogP contribution in [0.5, 0.6) is 11.5 Å². The van der Waals surface area contributed by atoms with E-state index in [2.05, 4.69) is 0 Å². The highest BCUT2D eigenvalue weighted by molar-refractivity contribution is 5.50. The maximum Gasteiger partial charge on any atom is 0.147 e. The van der Waals surface area contributed by atoms with Gasteiger partial charge in [0.2, 0.25) is 0 Å². The number of para-hydroxylation sites is 2. The lowest BCUT2D eigenvalue weighted by Gasteiger charge is -2.34. The van der Waals surface area contributed by atoms with Gasteiger partial charge >= 0.3 is 0 Å². The molecule has 1 unspecified atom stereocenters. The summed E-state index contributed by atoms with van der Waals surface area (Å²) < 4.78 is 10.6. The standard InChI is InChI=1S/C17H20O4/c1-12(18)17(19,13-8-4-6-10-15(13)20-2)14-9-5-7-11-16(14)21-3/h4-12,18-19H,1-3H3. The molecule has 4 nitrogen and oxygen atoms in total. The van der Waals surface area contributed by atoms with Crippen LogP contribution in [0.3, 0.4) is 0 Å². The number of aliphatic hydroxyl groups is 2. The molecule has 0 fully saturated rings. The minimum absolute atomic E-state index is 0.493. The Morgan fingerprint density at radius 2 is 1.24 bits per heavy atom. The van der Waals surface area contributed by atoms with Gasteiger partial charge in [-0.1, -0.05) is 36.4 Å². The predicted octanol–water partition coefficient (Wildman–Crippen LogP) is 2.32.